The summed E-state index contributed by atoms with van der Waals surface area (Å²) < 4.78 is 0.864. The highest BCUT2D eigenvalue weighted by Crippen LogP contribution is 2.37. The van der Waals surface area contributed by atoms with Gasteiger partial charge in [0.15, 0.2) is 0 Å². The molecule has 0 spiro atoms. The Morgan fingerprint density at radius 1 is 1.11 bits per heavy atom. The summed E-state index contributed by atoms with van der Waals surface area (Å²) in [5, 5.41) is 21.0. The van der Waals surface area contributed by atoms with Crippen LogP contribution in [0.5, 0.6) is 0 Å². The third kappa shape index (κ3) is 3.00. The van der Waals surface area contributed by atoms with E-state index in [0.29, 0.717) is 19.5 Å². The number of fused-ring (bicyclic) bond motifs is 3. The van der Waals surface area contributed by atoms with E-state index in [0.717, 1.165) is 26.5 Å². The number of H-pyrrole nitrogens is 1. The number of carboxylic acid groups (broad SMARTS) is 2. The number of nitrogens with one attached hydrogen (secondary N) is 1. The number of hydrogen-bond donors (Lipinski definition) is 3. The second kappa shape index (κ2) is 7.07. The van der Waals surface area contributed by atoms with E-state index in [1.807, 2.05) is 53.4 Å². The summed E-state index contributed by atoms with van der Waals surface area (Å²) in [5.41, 5.74) is 0.751. The van der Waals surface area contributed by atoms with Gasteiger partial charge in [0.25, 0.3) is 0 Å². The second-order valence-corrected chi connectivity index (χ2v) is 8.05. The van der Waals surface area contributed by atoms with Crippen LogP contribution in [0.25, 0.3) is 10.9 Å². The lowest BCUT2D eigenvalue weighted by atomic mass is 9.82. The first-order valence-corrected chi connectivity index (χ1v) is 9.75. The molecule has 0 saturated heterocycles. The Hall–Kier alpha value is -2.64. The third-order valence-electron chi connectivity index (χ3n) is 5.41. The van der Waals surface area contributed by atoms with Crippen molar-refractivity contribution in [2.45, 2.75) is 18.4 Å². The van der Waals surface area contributed by atoms with Crippen LogP contribution in [-0.4, -0.2) is 45.1 Å². The Bertz CT molecular complexity index is 1050. The van der Waals surface area contributed by atoms with Crippen molar-refractivity contribution >= 4 is 38.8 Å². The molecule has 3 N–H and O–H groups in total. The zero-order valence-corrected chi connectivity index (χ0v) is 16.6. The Labute approximate surface area is 169 Å². The maximum Gasteiger partial charge on any atom is 0.328 e. The number of carbonyl (C=O) groups is 2. The lowest BCUT2D eigenvalue weighted by molar-refractivity contribution is -0.159. The summed E-state index contributed by atoms with van der Waals surface area (Å²) in [6.07, 6.45) is 0.570. The van der Waals surface area contributed by atoms with Crippen LogP contribution in [0.4, 0.5) is 0 Å². The first-order chi connectivity index (χ1) is 13.4. The van der Waals surface area contributed by atoms with Crippen molar-refractivity contribution in [2.24, 2.45) is 0 Å². The minimum Gasteiger partial charge on any atom is -0.480 e. The number of rotatable bonds is 4. The average Bonchev–Trinajstić information content (AvgIpc) is 2.93. The number of benzene rings is 2. The highest BCUT2D eigenvalue weighted by atomic mass is 79.9. The van der Waals surface area contributed by atoms with E-state index in [1.54, 1.807) is 0 Å². The van der Waals surface area contributed by atoms with E-state index in [-0.39, 0.29) is 12.2 Å². The summed E-state index contributed by atoms with van der Waals surface area (Å²) >= 11 is 3.45. The van der Waals surface area contributed by atoms with Gasteiger partial charge in [-0.1, -0.05) is 46.3 Å². The smallest absolute Gasteiger partial charge is 0.328 e. The van der Waals surface area contributed by atoms with Gasteiger partial charge in [0.2, 0.25) is 5.41 Å². The van der Waals surface area contributed by atoms with Gasteiger partial charge >= 0.3 is 11.9 Å². The van der Waals surface area contributed by atoms with Gasteiger partial charge in [0.05, 0.1) is 0 Å². The average molecular weight is 443 g/mol. The molecule has 1 aliphatic rings. The van der Waals surface area contributed by atoms with Crippen molar-refractivity contribution in [2.75, 3.05) is 13.1 Å². The number of aromatic amines is 1. The fourth-order valence-electron chi connectivity index (χ4n) is 4.02. The predicted molar refractivity (Wildman–Crippen MR) is 108 cm³/mol. The summed E-state index contributed by atoms with van der Waals surface area (Å²) in [5.74, 6) is -2.71. The predicted octanol–water partition coefficient (Wildman–Crippen LogP) is 3.40. The fourth-order valence-corrected chi connectivity index (χ4v) is 4.39. The molecule has 3 aromatic rings. The van der Waals surface area contributed by atoms with Gasteiger partial charge in [0, 0.05) is 40.7 Å². The molecule has 7 heteroatoms. The maximum atomic E-state index is 12.3. The largest absolute Gasteiger partial charge is 0.480 e. The molecule has 0 unspecified atom stereocenters. The molecule has 2 heterocycles. The molecular weight excluding hydrogens is 424 g/mol. The molecule has 0 radical (unpaired) electrons. The van der Waals surface area contributed by atoms with E-state index in [4.69, 9.17) is 0 Å². The molecule has 0 saturated carbocycles. The van der Waals surface area contributed by atoms with Crippen LogP contribution in [-0.2, 0) is 28.0 Å². The van der Waals surface area contributed by atoms with Gasteiger partial charge in [-0.15, -0.1) is 0 Å². The van der Waals surface area contributed by atoms with Gasteiger partial charge in [-0.2, -0.15) is 0 Å². The Morgan fingerprint density at radius 3 is 2.50 bits per heavy atom. The fraction of sp³-hybridized carbons (Fsp3) is 0.238. The molecule has 0 fully saturated rings. The molecule has 0 atom stereocenters. The topological polar surface area (TPSA) is 93.6 Å². The molecule has 1 aromatic heterocycles. The van der Waals surface area contributed by atoms with Crippen molar-refractivity contribution in [1.29, 1.82) is 0 Å². The normalized spacial score (nSPS) is 16.5. The van der Waals surface area contributed by atoms with Gasteiger partial charge in [-0.3, -0.25) is 14.5 Å². The van der Waals surface area contributed by atoms with E-state index in [1.165, 1.54) is 0 Å². The van der Waals surface area contributed by atoms with Crippen molar-refractivity contribution in [3.05, 3.63) is 69.8 Å². The Morgan fingerprint density at radius 2 is 1.82 bits per heavy atom. The molecule has 0 amide bonds. The summed E-state index contributed by atoms with van der Waals surface area (Å²) in [4.78, 5) is 29.7. The standard InChI is InChI=1S/C21H19BrN2O4/c22-14-6-7-17-16(10-14)15-8-9-24(11-13-4-2-1-3-5-13)12-21(19(25)26,20(27)28)18(15)23-17/h1-7,10,23H,8-9,11-12H2,(H,25,26)(H,27,28). The van der Waals surface area contributed by atoms with Crippen LogP contribution < -0.4 is 0 Å². The molecule has 28 heavy (non-hydrogen) atoms. The number of carboxylic acids is 2. The number of nitrogens with zero attached hydrogens (tertiary/aromatic N) is 1. The molecule has 0 bridgehead atoms. The van der Waals surface area contributed by atoms with Crippen molar-refractivity contribution in [3.63, 3.8) is 0 Å². The molecule has 144 valence electrons. The SMILES string of the molecule is O=C(O)C1(C(=O)O)CN(Cc2ccccc2)CCc2c1[nH]c1ccc(Br)cc21. The van der Waals surface area contributed by atoms with Crippen LogP contribution in [0.2, 0.25) is 0 Å². The van der Waals surface area contributed by atoms with Crippen molar-refractivity contribution < 1.29 is 19.8 Å². The van der Waals surface area contributed by atoms with Gasteiger partial charge in [-0.05, 0) is 35.7 Å². The van der Waals surface area contributed by atoms with Gasteiger partial charge in [0.1, 0.15) is 0 Å². The lowest BCUT2D eigenvalue weighted by Gasteiger charge is -2.29. The first-order valence-electron chi connectivity index (χ1n) is 8.95. The molecule has 1 aliphatic heterocycles. The zero-order valence-electron chi connectivity index (χ0n) is 15.0. The van der Waals surface area contributed by atoms with E-state index >= 15 is 0 Å². The van der Waals surface area contributed by atoms with Gasteiger partial charge in [-0.25, -0.2) is 0 Å². The quantitative estimate of drug-likeness (QED) is 0.538. The van der Waals surface area contributed by atoms with E-state index in [2.05, 4.69) is 20.9 Å². The minimum atomic E-state index is -2.05. The Kier molecular flexibility index (Phi) is 4.72. The Balaban J connectivity index is 1.85. The summed E-state index contributed by atoms with van der Waals surface area (Å²) in [6.45, 7) is 0.965. The minimum absolute atomic E-state index is 0.104. The molecular formula is C21H19BrN2O4. The van der Waals surface area contributed by atoms with Crippen LogP contribution in [0, 0.1) is 0 Å². The second-order valence-electron chi connectivity index (χ2n) is 7.13. The molecule has 0 aliphatic carbocycles. The molecule has 6 nitrogen and oxygen atoms in total. The van der Waals surface area contributed by atoms with Crippen LogP contribution in [0.15, 0.2) is 53.0 Å². The highest BCUT2D eigenvalue weighted by molar-refractivity contribution is 9.10. The number of aromatic nitrogens is 1. The van der Waals surface area contributed by atoms with E-state index < -0.39 is 17.4 Å². The third-order valence-corrected chi connectivity index (χ3v) is 5.91. The number of halogens is 1. The van der Waals surface area contributed by atoms with E-state index in [9.17, 15) is 19.8 Å². The zero-order chi connectivity index (χ0) is 19.9. The number of hydrogen-bond acceptors (Lipinski definition) is 3. The lowest BCUT2D eigenvalue weighted by Crippen LogP contribution is -2.51. The maximum absolute atomic E-state index is 12.3. The number of aliphatic carboxylic acids is 2. The van der Waals surface area contributed by atoms with Crippen LogP contribution in [0.3, 0.4) is 0 Å². The highest BCUT2D eigenvalue weighted by Gasteiger charge is 2.53. The molecule has 2 aromatic carbocycles. The van der Waals surface area contributed by atoms with Crippen molar-refractivity contribution in [1.82, 2.24) is 9.88 Å². The summed E-state index contributed by atoms with van der Waals surface area (Å²) in [6, 6.07) is 15.3. The molecule has 4 rings (SSSR count). The van der Waals surface area contributed by atoms with Crippen molar-refractivity contribution in [3.8, 4) is 0 Å². The van der Waals surface area contributed by atoms with Crippen LogP contribution >= 0.6 is 15.9 Å². The monoisotopic (exact) mass is 442 g/mol. The van der Waals surface area contributed by atoms with Gasteiger partial charge < -0.3 is 15.2 Å². The first kappa shape index (κ1) is 18.7. The summed E-state index contributed by atoms with van der Waals surface area (Å²) in [7, 11) is 0. The van der Waals surface area contributed by atoms with Crippen LogP contribution in [0.1, 0.15) is 16.8 Å².